The van der Waals surface area contributed by atoms with Gasteiger partial charge in [0.25, 0.3) is 5.91 Å². The zero-order chi connectivity index (χ0) is 22.9. The Morgan fingerprint density at radius 2 is 1.68 bits per heavy atom. The monoisotopic (exact) mass is 450 g/mol. The molecule has 1 amide bonds. The van der Waals surface area contributed by atoms with Gasteiger partial charge >= 0.3 is 5.97 Å². The highest BCUT2D eigenvalue weighted by Gasteiger charge is 2.31. The van der Waals surface area contributed by atoms with E-state index in [9.17, 15) is 22.4 Å². The first kappa shape index (κ1) is 24.5. The lowest BCUT2D eigenvalue weighted by atomic mass is 10.1. The molecule has 0 bridgehead atoms. The lowest BCUT2D eigenvalue weighted by Gasteiger charge is -2.21. The lowest BCUT2D eigenvalue weighted by molar-refractivity contribution is -0.151. The van der Waals surface area contributed by atoms with Crippen molar-refractivity contribution < 1.29 is 27.1 Å². The van der Waals surface area contributed by atoms with Crippen LogP contribution in [-0.4, -0.2) is 39.5 Å². The number of carbonyl (C=O) groups excluding carboxylic acids is 2. The molecule has 0 spiro atoms. The van der Waals surface area contributed by atoms with Gasteiger partial charge in [-0.15, -0.1) is 0 Å². The minimum atomic E-state index is -4.29. The van der Waals surface area contributed by atoms with Crippen molar-refractivity contribution in [1.82, 2.24) is 10.0 Å². The zero-order valence-electron chi connectivity index (χ0n) is 17.5. The summed E-state index contributed by atoms with van der Waals surface area (Å²) in [5.74, 6) is -2.81. The largest absolute Gasteiger partial charge is 0.454 e. The predicted octanol–water partition coefficient (Wildman–Crippen LogP) is 2.42. The summed E-state index contributed by atoms with van der Waals surface area (Å²) in [6.07, 6.45) is 1.52. The highest BCUT2D eigenvalue weighted by molar-refractivity contribution is 7.89. The molecule has 0 saturated heterocycles. The molecule has 2 rings (SSSR count). The smallest absolute Gasteiger partial charge is 0.324 e. The summed E-state index contributed by atoms with van der Waals surface area (Å²) in [5, 5.41) is 2.65. The average molecular weight is 451 g/mol. The maximum atomic E-state index is 13.9. The molecule has 168 valence electrons. The Kier molecular flexibility index (Phi) is 9.14. The second-order valence-electron chi connectivity index (χ2n) is 7.32. The molecular formula is C22H27FN2O5S. The van der Waals surface area contributed by atoms with Crippen LogP contribution in [0.25, 0.3) is 0 Å². The van der Waals surface area contributed by atoms with Gasteiger partial charge in [-0.3, -0.25) is 9.59 Å². The van der Waals surface area contributed by atoms with Crippen molar-refractivity contribution >= 4 is 21.9 Å². The van der Waals surface area contributed by atoms with Gasteiger partial charge in [-0.2, -0.15) is 4.72 Å². The van der Waals surface area contributed by atoms with Gasteiger partial charge < -0.3 is 10.1 Å². The lowest BCUT2D eigenvalue weighted by Crippen LogP contribution is -2.46. The van der Waals surface area contributed by atoms with Crippen molar-refractivity contribution in [1.29, 1.82) is 0 Å². The van der Waals surface area contributed by atoms with Crippen LogP contribution >= 0.6 is 0 Å². The molecule has 31 heavy (non-hydrogen) atoms. The summed E-state index contributed by atoms with van der Waals surface area (Å²) in [6, 6.07) is 13.4. The molecule has 2 aromatic rings. The number of rotatable bonds is 11. The summed E-state index contributed by atoms with van der Waals surface area (Å²) in [5.41, 5.74) is 1.16. The topological polar surface area (TPSA) is 102 Å². The first-order valence-electron chi connectivity index (χ1n) is 9.95. The minimum absolute atomic E-state index is 0.415. The van der Waals surface area contributed by atoms with Crippen molar-refractivity contribution in [3.63, 3.8) is 0 Å². The van der Waals surface area contributed by atoms with Crippen molar-refractivity contribution in [3.8, 4) is 0 Å². The van der Waals surface area contributed by atoms with E-state index in [4.69, 9.17) is 4.74 Å². The molecule has 0 aliphatic carbocycles. The van der Waals surface area contributed by atoms with E-state index in [1.165, 1.54) is 12.1 Å². The number of aryl methyl sites for hydroxylation is 1. The summed E-state index contributed by atoms with van der Waals surface area (Å²) in [6.45, 7) is 3.10. The number of hydrogen-bond acceptors (Lipinski definition) is 5. The zero-order valence-corrected chi connectivity index (χ0v) is 18.3. The van der Waals surface area contributed by atoms with Gasteiger partial charge in [-0.1, -0.05) is 56.3 Å². The molecule has 0 radical (unpaired) electrons. The van der Waals surface area contributed by atoms with Crippen LogP contribution in [0.15, 0.2) is 59.5 Å². The fraction of sp³-hybridized carbons (Fsp3) is 0.364. The standard InChI is InChI=1S/C22H27FN2O5S/c1-16(2)21(25-31(28,29)19-13-7-6-12-18(19)23)22(27)30-15-20(26)24-14-8-11-17-9-4-3-5-10-17/h3-7,9-10,12-13,16,21,25H,8,11,14-15H2,1-2H3,(H,24,26)/t21-/m0/s1. The summed E-state index contributed by atoms with van der Waals surface area (Å²) >= 11 is 0. The first-order chi connectivity index (χ1) is 14.7. The Labute approximate surface area is 182 Å². The van der Waals surface area contributed by atoms with Crippen LogP contribution in [-0.2, 0) is 30.8 Å². The minimum Gasteiger partial charge on any atom is -0.454 e. The van der Waals surface area contributed by atoms with E-state index in [1.807, 2.05) is 30.3 Å². The van der Waals surface area contributed by atoms with Crippen LogP contribution in [0.1, 0.15) is 25.8 Å². The Morgan fingerprint density at radius 1 is 1.03 bits per heavy atom. The Bertz CT molecular complexity index is 980. The molecule has 0 unspecified atom stereocenters. The van der Waals surface area contributed by atoms with E-state index >= 15 is 0 Å². The quantitative estimate of drug-likeness (QED) is 0.404. The van der Waals surface area contributed by atoms with E-state index in [0.29, 0.717) is 6.54 Å². The molecule has 7 nitrogen and oxygen atoms in total. The third-order valence-corrected chi connectivity index (χ3v) is 5.96. The van der Waals surface area contributed by atoms with Gasteiger partial charge in [0.15, 0.2) is 6.61 Å². The first-order valence-corrected chi connectivity index (χ1v) is 11.4. The normalized spacial score (nSPS) is 12.4. The molecule has 2 N–H and O–H groups in total. The van der Waals surface area contributed by atoms with Crippen molar-refractivity contribution in [3.05, 3.63) is 66.0 Å². The molecule has 0 fully saturated rings. The van der Waals surface area contributed by atoms with Gasteiger partial charge in [0.05, 0.1) is 0 Å². The van der Waals surface area contributed by atoms with Gasteiger partial charge in [0, 0.05) is 6.54 Å². The highest BCUT2D eigenvalue weighted by atomic mass is 32.2. The second kappa shape index (κ2) is 11.6. The predicted molar refractivity (Wildman–Crippen MR) is 114 cm³/mol. The van der Waals surface area contributed by atoms with Gasteiger partial charge in [0.1, 0.15) is 16.8 Å². The van der Waals surface area contributed by atoms with Gasteiger partial charge in [0.2, 0.25) is 10.0 Å². The third kappa shape index (κ3) is 7.76. The number of sulfonamides is 1. The van der Waals surface area contributed by atoms with Crippen LogP contribution in [0, 0.1) is 11.7 Å². The number of amides is 1. The van der Waals surface area contributed by atoms with E-state index in [1.54, 1.807) is 13.8 Å². The van der Waals surface area contributed by atoms with E-state index in [-0.39, 0.29) is 0 Å². The van der Waals surface area contributed by atoms with Crippen LogP contribution in [0.5, 0.6) is 0 Å². The van der Waals surface area contributed by atoms with Crippen LogP contribution < -0.4 is 10.0 Å². The number of halogens is 1. The molecule has 1 atom stereocenters. The van der Waals surface area contributed by atoms with Crippen molar-refractivity contribution in [2.24, 2.45) is 5.92 Å². The fourth-order valence-electron chi connectivity index (χ4n) is 2.79. The van der Waals surface area contributed by atoms with Crippen LogP contribution in [0.4, 0.5) is 4.39 Å². The number of ether oxygens (including phenoxy) is 1. The van der Waals surface area contributed by atoms with E-state index < -0.39 is 51.2 Å². The Hall–Kier alpha value is -2.78. The summed E-state index contributed by atoms with van der Waals surface area (Å²) in [7, 11) is -4.29. The number of carbonyl (C=O) groups is 2. The Morgan fingerprint density at radius 3 is 2.32 bits per heavy atom. The number of hydrogen-bond donors (Lipinski definition) is 2. The van der Waals surface area contributed by atoms with Crippen LogP contribution in [0.3, 0.4) is 0 Å². The van der Waals surface area contributed by atoms with Gasteiger partial charge in [-0.25, -0.2) is 12.8 Å². The summed E-state index contributed by atoms with van der Waals surface area (Å²) in [4.78, 5) is 23.7. The maximum absolute atomic E-state index is 13.9. The van der Waals surface area contributed by atoms with Crippen molar-refractivity contribution in [2.45, 2.75) is 37.6 Å². The van der Waals surface area contributed by atoms with E-state index in [0.717, 1.165) is 30.5 Å². The molecule has 0 aliphatic heterocycles. The highest BCUT2D eigenvalue weighted by Crippen LogP contribution is 2.16. The molecule has 0 heterocycles. The maximum Gasteiger partial charge on any atom is 0.324 e. The number of nitrogens with one attached hydrogen (secondary N) is 2. The SMILES string of the molecule is CC(C)[C@H](NS(=O)(=O)c1ccccc1F)C(=O)OCC(=O)NCCCc1ccccc1. The van der Waals surface area contributed by atoms with Gasteiger partial charge in [-0.05, 0) is 36.5 Å². The third-order valence-electron chi connectivity index (χ3n) is 4.48. The van der Waals surface area contributed by atoms with Crippen LogP contribution in [0.2, 0.25) is 0 Å². The summed E-state index contributed by atoms with van der Waals surface area (Å²) < 4.78 is 45.9. The molecule has 2 aromatic carbocycles. The molecule has 0 aliphatic rings. The van der Waals surface area contributed by atoms with E-state index in [2.05, 4.69) is 10.0 Å². The average Bonchev–Trinajstić information content (AvgIpc) is 2.74. The number of esters is 1. The molecule has 9 heteroatoms. The molecular weight excluding hydrogens is 423 g/mol. The molecule has 0 saturated carbocycles. The number of benzene rings is 2. The second-order valence-corrected chi connectivity index (χ2v) is 9.00. The van der Waals surface area contributed by atoms with Crippen molar-refractivity contribution in [2.75, 3.05) is 13.2 Å². The Balaban J connectivity index is 1.83. The molecule has 0 aromatic heterocycles. The fourth-order valence-corrected chi connectivity index (χ4v) is 4.20.